The second kappa shape index (κ2) is 7.68. The zero-order chi connectivity index (χ0) is 16.2. The first kappa shape index (κ1) is 16.8. The van der Waals surface area contributed by atoms with E-state index < -0.39 is 5.82 Å². The van der Waals surface area contributed by atoms with Crippen LogP contribution in [-0.4, -0.2) is 5.11 Å². The first-order valence-electron chi connectivity index (χ1n) is 9.65. The molecule has 0 heterocycles. The molecule has 23 heavy (non-hydrogen) atoms. The molecule has 2 fully saturated rings. The second-order valence-electron chi connectivity index (χ2n) is 7.89. The molecule has 3 rings (SSSR count). The number of benzene rings is 1. The summed E-state index contributed by atoms with van der Waals surface area (Å²) in [6.07, 6.45) is 13.5. The molecule has 0 amide bonds. The number of aromatic hydroxyl groups is 1. The molecule has 0 spiro atoms. The minimum Gasteiger partial charge on any atom is -0.505 e. The third-order valence-electron chi connectivity index (χ3n) is 6.47. The lowest BCUT2D eigenvalue weighted by atomic mass is 9.68. The molecule has 1 N–H and O–H groups in total. The molecule has 0 saturated heterocycles. The summed E-state index contributed by atoms with van der Waals surface area (Å²) < 4.78 is 13.6. The first-order valence-corrected chi connectivity index (χ1v) is 9.65. The summed E-state index contributed by atoms with van der Waals surface area (Å²) in [5, 5.41) is 9.34. The summed E-state index contributed by atoms with van der Waals surface area (Å²) in [7, 11) is 0. The summed E-state index contributed by atoms with van der Waals surface area (Å²) in [6.45, 7) is 2.31. The number of phenolic OH excluding ortho intramolecular Hbond substituents is 1. The number of hydrogen-bond acceptors (Lipinski definition) is 1. The standard InChI is InChI=1S/C21H31FO/c1-2-3-15-4-6-16(7-5-15)17-8-10-18(11-9-17)19-12-13-21(23)20(22)14-19/h12-18,23H,2-11H2,1H3/t15-,16-,17-,18-. The summed E-state index contributed by atoms with van der Waals surface area (Å²) in [5.41, 5.74) is 1.07. The number of rotatable bonds is 4. The van der Waals surface area contributed by atoms with Crippen molar-refractivity contribution in [1.82, 2.24) is 0 Å². The monoisotopic (exact) mass is 318 g/mol. The van der Waals surface area contributed by atoms with Crippen molar-refractivity contribution in [2.24, 2.45) is 17.8 Å². The zero-order valence-corrected chi connectivity index (χ0v) is 14.4. The van der Waals surface area contributed by atoms with Crippen molar-refractivity contribution in [2.75, 3.05) is 0 Å². The molecule has 0 atom stereocenters. The molecule has 2 aliphatic rings. The third kappa shape index (κ3) is 4.08. The second-order valence-corrected chi connectivity index (χ2v) is 7.89. The fourth-order valence-corrected chi connectivity index (χ4v) is 5.06. The highest BCUT2D eigenvalue weighted by atomic mass is 19.1. The average molecular weight is 318 g/mol. The highest BCUT2D eigenvalue weighted by Gasteiger charge is 2.31. The molecule has 0 bridgehead atoms. The molecular weight excluding hydrogens is 287 g/mol. The van der Waals surface area contributed by atoms with Crippen molar-refractivity contribution >= 4 is 0 Å². The van der Waals surface area contributed by atoms with Crippen LogP contribution >= 0.6 is 0 Å². The molecule has 0 aromatic heterocycles. The van der Waals surface area contributed by atoms with Gasteiger partial charge in [-0.15, -0.1) is 0 Å². The molecule has 0 unspecified atom stereocenters. The van der Waals surface area contributed by atoms with Gasteiger partial charge in [-0.3, -0.25) is 0 Å². The molecule has 0 aliphatic heterocycles. The van der Waals surface area contributed by atoms with Gasteiger partial charge in [0.25, 0.3) is 0 Å². The fraction of sp³-hybridized carbons (Fsp3) is 0.714. The van der Waals surface area contributed by atoms with Crippen molar-refractivity contribution in [3.63, 3.8) is 0 Å². The normalized spacial score (nSPS) is 31.9. The molecule has 0 radical (unpaired) electrons. The van der Waals surface area contributed by atoms with Crippen LogP contribution in [0.1, 0.15) is 82.6 Å². The van der Waals surface area contributed by atoms with E-state index in [0.717, 1.165) is 23.3 Å². The Balaban J connectivity index is 1.50. The SMILES string of the molecule is CCC[C@H]1CC[C@H]([C@H]2CC[C@H](c3ccc(O)c(F)c3)CC2)CC1. The van der Waals surface area contributed by atoms with Crippen molar-refractivity contribution in [3.05, 3.63) is 29.6 Å². The Morgan fingerprint density at radius 1 is 0.957 bits per heavy atom. The highest BCUT2D eigenvalue weighted by Crippen LogP contribution is 2.44. The molecule has 2 aliphatic carbocycles. The number of phenols is 1. The van der Waals surface area contributed by atoms with E-state index in [1.54, 1.807) is 0 Å². The van der Waals surface area contributed by atoms with Crippen LogP contribution in [0.4, 0.5) is 4.39 Å². The Kier molecular flexibility index (Phi) is 5.61. The van der Waals surface area contributed by atoms with Crippen LogP contribution in [0.15, 0.2) is 18.2 Å². The van der Waals surface area contributed by atoms with E-state index in [1.165, 1.54) is 76.3 Å². The Labute approximate surface area is 140 Å². The minimum atomic E-state index is -0.473. The Hall–Kier alpha value is -1.05. The molecule has 2 heteroatoms. The zero-order valence-electron chi connectivity index (χ0n) is 14.4. The van der Waals surface area contributed by atoms with Crippen molar-refractivity contribution < 1.29 is 9.50 Å². The van der Waals surface area contributed by atoms with Gasteiger partial charge in [0.1, 0.15) is 0 Å². The van der Waals surface area contributed by atoms with Crippen LogP contribution in [0.3, 0.4) is 0 Å². The predicted octanol–water partition coefficient (Wildman–Crippen LogP) is 6.41. The predicted molar refractivity (Wildman–Crippen MR) is 93.1 cm³/mol. The third-order valence-corrected chi connectivity index (χ3v) is 6.47. The fourth-order valence-electron chi connectivity index (χ4n) is 5.06. The van der Waals surface area contributed by atoms with Gasteiger partial charge < -0.3 is 5.11 Å². The summed E-state index contributed by atoms with van der Waals surface area (Å²) in [5.74, 6) is 2.62. The van der Waals surface area contributed by atoms with Crippen LogP contribution in [-0.2, 0) is 0 Å². The van der Waals surface area contributed by atoms with Gasteiger partial charge in [0.15, 0.2) is 11.6 Å². The van der Waals surface area contributed by atoms with Gasteiger partial charge in [0.05, 0.1) is 0 Å². The van der Waals surface area contributed by atoms with E-state index in [2.05, 4.69) is 6.92 Å². The quantitative estimate of drug-likeness (QED) is 0.680. The van der Waals surface area contributed by atoms with Gasteiger partial charge in [0, 0.05) is 0 Å². The summed E-state index contributed by atoms with van der Waals surface area (Å²) in [4.78, 5) is 0. The van der Waals surface area contributed by atoms with E-state index in [-0.39, 0.29) is 5.75 Å². The molecule has 1 aromatic rings. The molecule has 1 aromatic carbocycles. The molecular formula is C21H31FO. The van der Waals surface area contributed by atoms with Crippen LogP contribution in [0.2, 0.25) is 0 Å². The molecule has 2 saturated carbocycles. The lowest BCUT2D eigenvalue weighted by Gasteiger charge is -2.38. The lowest BCUT2D eigenvalue weighted by Crippen LogP contribution is -2.25. The van der Waals surface area contributed by atoms with Crippen molar-refractivity contribution in [3.8, 4) is 5.75 Å². The summed E-state index contributed by atoms with van der Waals surface area (Å²) >= 11 is 0. The molecule has 1 nitrogen and oxygen atoms in total. The van der Waals surface area contributed by atoms with Gasteiger partial charge in [0.2, 0.25) is 0 Å². The van der Waals surface area contributed by atoms with Crippen LogP contribution in [0.5, 0.6) is 5.75 Å². The van der Waals surface area contributed by atoms with Crippen LogP contribution < -0.4 is 0 Å². The average Bonchev–Trinajstić information content (AvgIpc) is 2.59. The summed E-state index contributed by atoms with van der Waals surface area (Å²) in [6, 6.07) is 4.95. The van der Waals surface area contributed by atoms with Crippen LogP contribution in [0, 0.1) is 23.6 Å². The van der Waals surface area contributed by atoms with Gasteiger partial charge >= 0.3 is 0 Å². The Bertz CT molecular complexity index is 497. The lowest BCUT2D eigenvalue weighted by molar-refractivity contribution is 0.156. The van der Waals surface area contributed by atoms with E-state index in [0.29, 0.717) is 5.92 Å². The van der Waals surface area contributed by atoms with Crippen molar-refractivity contribution in [2.45, 2.75) is 77.0 Å². The maximum absolute atomic E-state index is 13.6. The van der Waals surface area contributed by atoms with E-state index in [9.17, 15) is 9.50 Å². The van der Waals surface area contributed by atoms with Crippen LogP contribution in [0.25, 0.3) is 0 Å². The largest absolute Gasteiger partial charge is 0.505 e. The Morgan fingerprint density at radius 2 is 1.57 bits per heavy atom. The molecule has 128 valence electrons. The maximum atomic E-state index is 13.6. The minimum absolute atomic E-state index is 0.230. The van der Waals surface area contributed by atoms with Crippen molar-refractivity contribution in [1.29, 1.82) is 0 Å². The topological polar surface area (TPSA) is 20.2 Å². The Morgan fingerprint density at radius 3 is 2.13 bits per heavy atom. The smallest absolute Gasteiger partial charge is 0.165 e. The van der Waals surface area contributed by atoms with Gasteiger partial charge in [-0.2, -0.15) is 0 Å². The maximum Gasteiger partial charge on any atom is 0.165 e. The van der Waals surface area contributed by atoms with E-state index >= 15 is 0 Å². The number of halogens is 1. The van der Waals surface area contributed by atoms with Gasteiger partial charge in [-0.05, 0) is 79.9 Å². The van der Waals surface area contributed by atoms with E-state index in [1.807, 2.05) is 6.07 Å². The van der Waals surface area contributed by atoms with Gasteiger partial charge in [-0.1, -0.05) is 38.7 Å². The van der Waals surface area contributed by atoms with Gasteiger partial charge in [-0.25, -0.2) is 4.39 Å². The van der Waals surface area contributed by atoms with E-state index in [4.69, 9.17) is 0 Å². The number of hydrogen-bond donors (Lipinski definition) is 1. The highest BCUT2D eigenvalue weighted by molar-refractivity contribution is 5.30. The first-order chi connectivity index (χ1) is 11.2.